The smallest absolute Gasteiger partial charge is 0.416 e. The Kier molecular flexibility index (Phi) is 6.84. The Morgan fingerprint density at radius 1 is 1.21 bits per heavy atom. The van der Waals surface area contributed by atoms with Crippen LogP contribution < -0.4 is 4.74 Å². The van der Waals surface area contributed by atoms with Crippen molar-refractivity contribution < 1.29 is 32.6 Å². The van der Waals surface area contributed by atoms with Gasteiger partial charge in [-0.1, -0.05) is 6.07 Å². The van der Waals surface area contributed by atoms with Gasteiger partial charge in [0.2, 0.25) is 11.8 Å². The Morgan fingerprint density at radius 2 is 1.90 bits per heavy atom. The highest BCUT2D eigenvalue weighted by Crippen LogP contribution is 2.37. The summed E-state index contributed by atoms with van der Waals surface area (Å²) >= 11 is 0. The van der Waals surface area contributed by atoms with Gasteiger partial charge in [0.05, 0.1) is 19.1 Å². The molecule has 2 aromatic rings. The third kappa shape index (κ3) is 5.46. The van der Waals surface area contributed by atoms with Gasteiger partial charge in [0.25, 0.3) is 0 Å². The van der Waals surface area contributed by atoms with Gasteiger partial charge in [-0.2, -0.15) is 13.2 Å². The summed E-state index contributed by atoms with van der Waals surface area (Å²) in [6.45, 7) is 3.34. The van der Waals surface area contributed by atoms with Crippen molar-refractivity contribution in [2.75, 3.05) is 13.7 Å². The van der Waals surface area contributed by atoms with Crippen molar-refractivity contribution in [2.24, 2.45) is 0 Å². The number of halogens is 3. The predicted octanol–water partition coefficient (Wildman–Crippen LogP) is 3.77. The number of pyridine rings is 1. The highest BCUT2D eigenvalue weighted by molar-refractivity contribution is 5.77. The van der Waals surface area contributed by atoms with Crippen LogP contribution in [0.3, 0.4) is 0 Å². The molecule has 0 spiro atoms. The lowest BCUT2D eigenvalue weighted by Crippen LogP contribution is -2.28. The molecule has 0 aliphatic heterocycles. The van der Waals surface area contributed by atoms with Gasteiger partial charge < -0.3 is 14.7 Å². The van der Waals surface area contributed by atoms with Gasteiger partial charge in [-0.25, -0.2) is 4.98 Å². The number of amides is 1. The maximum absolute atomic E-state index is 13.3. The maximum atomic E-state index is 13.3. The molecule has 0 unspecified atom stereocenters. The molecule has 6 nitrogen and oxygen atoms in total. The zero-order valence-corrected chi connectivity index (χ0v) is 16.2. The van der Waals surface area contributed by atoms with Crippen molar-refractivity contribution in [1.29, 1.82) is 0 Å². The molecule has 0 radical (unpaired) electrons. The second kappa shape index (κ2) is 8.93. The van der Waals surface area contributed by atoms with Crippen molar-refractivity contribution in [3.8, 4) is 17.0 Å². The normalized spacial score (nSPS) is 11.2. The quantitative estimate of drug-likeness (QED) is 0.752. The van der Waals surface area contributed by atoms with Gasteiger partial charge in [0.1, 0.15) is 0 Å². The molecule has 9 heteroatoms. The van der Waals surface area contributed by atoms with E-state index in [1.807, 2.05) is 0 Å². The highest BCUT2D eigenvalue weighted by Gasteiger charge is 2.31. The number of carbonyl (C=O) groups is 2. The summed E-state index contributed by atoms with van der Waals surface area (Å²) < 4.78 is 45.0. The summed E-state index contributed by atoms with van der Waals surface area (Å²) in [6, 6.07) is 4.74. The largest absolute Gasteiger partial charge is 0.481 e. The lowest BCUT2D eigenvalue weighted by atomic mass is 9.96. The number of hydrogen-bond acceptors (Lipinski definition) is 4. The Balaban J connectivity index is 2.67. The van der Waals surface area contributed by atoms with Crippen LogP contribution >= 0.6 is 0 Å². The lowest BCUT2D eigenvalue weighted by Gasteiger charge is -2.22. The van der Waals surface area contributed by atoms with Gasteiger partial charge in [-0.05, 0) is 41.8 Å². The zero-order valence-electron chi connectivity index (χ0n) is 16.2. The fourth-order valence-electron chi connectivity index (χ4n) is 2.94. The first kappa shape index (κ1) is 22.2. The van der Waals surface area contributed by atoms with Crippen LogP contribution in [-0.4, -0.2) is 40.5 Å². The number of nitrogens with zero attached hydrogens (tertiary/aromatic N) is 2. The first-order valence-corrected chi connectivity index (χ1v) is 8.77. The molecule has 1 N–H and O–H groups in total. The maximum Gasteiger partial charge on any atom is 0.416 e. The summed E-state index contributed by atoms with van der Waals surface area (Å²) in [5, 5.41) is 9.02. The molecule has 0 atom stereocenters. The average molecular weight is 410 g/mol. The van der Waals surface area contributed by atoms with Gasteiger partial charge in [0, 0.05) is 31.8 Å². The molecule has 0 aliphatic carbocycles. The van der Waals surface area contributed by atoms with E-state index in [2.05, 4.69) is 4.98 Å². The molecule has 156 valence electrons. The van der Waals surface area contributed by atoms with Crippen molar-refractivity contribution in [2.45, 2.75) is 33.0 Å². The minimum absolute atomic E-state index is 0.0442. The first-order valence-electron chi connectivity index (χ1n) is 8.77. The molecule has 0 bridgehead atoms. The molecule has 1 aromatic carbocycles. The molecular formula is C20H21F3N2O4. The zero-order chi connectivity index (χ0) is 21.8. The lowest BCUT2D eigenvalue weighted by molar-refractivity contribution is -0.138. The number of methoxy groups -OCH3 is 1. The van der Waals surface area contributed by atoms with Crippen LogP contribution in [0.25, 0.3) is 11.1 Å². The molecule has 0 saturated carbocycles. The molecule has 1 aromatic heterocycles. The number of hydrogen-bond donors (Lipinski definition) is 1. The highest BCUT2D eigenvalue weighted by atomic mass is 19.4. The SMILES string of the molecule is CCN(Cc1cc(C(F)(F)F)ccc1-c1cc(CC(=O)O)cnc1OC)C(C)=O. The van der Waals surface area contributed by atoms with Crippen LogP contribution in [-0.2, 0) is 28.7 Å². The van der Waals surface area contributed by atoms with E-state index in [0.29, 0.717) is 23.2 Å². The van der Waals surface area contributed by atoms with Crippen LogP contribution in [0.15, 0.2) is 30.5 Å². The number of carboxylic acids is 1. The standard InChI is InChI=1S/C20H21F3N2O4/c1-4-25(12(2)26)11-14-9-15(20(21,22)23)5-6-16(14)17-7-13(8-18(27)28)10-24-19(17)29-3/h5-7,9-10H,4,8,11H2,1-3H3,(H,27,28). The van der Waals surface area contributed by atoms with E-state index < -0.39 is 17.7 Å². The number of ether oxygens (including phenoxy) is 1. The third-order valence-corrected chi connectivity index (χ3v) is 4.37. The molecule has 0 saturated heterocycles. The van der Waals surface area contributed by atoms with Gasteiger partial charge in [0.15, 0.2) is 0 Å². The van der Waals surface area contributed by atoms with Gasteiger partial charge >= 0.3 is 12.1 Å². The number of aliphatic carboxylic acids is 1. The van der Waals surface area contributed by atoms with Crippen LogP contribution in [0, 0.1) is 0 Å². The Bertz CT molecular complexity index is 913. The molecule has 1 amide bonds. The Morgan fingerprint density at radius 3 is 2.41 bits per heavy atom. The first-order chi connectivity index (χ1) is 13.6. The van der Waals surface area contributed by atoms with E-state index >= 15 is 0 Å². The van der Waals surface area contributed by atoms with Gasteiger partial charge in [-0.3, -0.25) is 9.59 Å². The summed E-state index contributed by atoms with van der Waals surface area (Å²) in [5.74, 6) is -1.20. The summed E-state index contributed by atoms with van der Waals surface area (Å²) in [5.41, 5.74) is 0.524. The van der Waals surface area contributed by atoms with E-state index in [0.717, 1.165) is 12.1 Å². The monoisotopic (exact) mass is 410 g/mol. The number of aromatic nitrogens is 1. The summed E-state index contributed by atoms with van der Waals surface area (Å²) in [6.07, 6.45) is -3.50. The minimum atomic E-state index is -4.55. The molecule has 29 heavy (non-hydrogen) atoms. The number of carbonyl (C=O) groups excluding carboxylic acids is 1. The van der Waals surface area contributed by atoms with Crippen LogP contribution in [0.1, 0.15) is 30.5 Å². The summed E-state index contributed by atoms with van der Waals surface area (Å²) in [4.78, 5) is 28.3. The van der Waals surface area contributed by atoms with Crippen LogP contribution in [0.4, 0.5) is 13.2 Å². The topological polar surface area (TPSA) is 79.7 Å². The van der Waals surface area contributed by atoms with Crippen molar-refractivity contribution >= 4 is 11.9 Å². The average Bonchev–Trinajstić information content (AvgIpc) is 2.64. The fourth-order valence-corrected chi connectivity index (χ4v) is 2.94. The van der Waals surface area contributed by atoms with E-state index in [9.17, 15) is 22.8 Å². The number of rotatable bonds is 7. The second-order valence-electron chi connectivity index (χ2n) is 6.37. The van der Waals surface area contributed by atoms with Crippen molar-refractivity contribution in [1.82, 2.24) is 9.88 Å². The summed E-state index contributed by atoms with van der Waals surface area (Å²) in [7, 11) is 1.36. The molecule has 0 aliphatic rings. The number of carboxylic acid groups (broad SMARTS) is 1. The van der Waals surface area contributed by atoms with Crippen molar-refractivity contribution in [3.05, 3.63) is 47.2 Å². The Hall–Kier alpha value is -3.10. The minimum Gasteiger partial charge on any atom is -0.481 e. The second-order valence-corrected chi connectivity index (χ2v) is 6.37. The molecule has 2 rings (SSSR count). The van der Waals surface area contributed by atoms with E-state index in [-0.39, 0.29) is 30.3 Å². The molecular weight excluding hydrogens is 389 g/mol. The van der Waals surface area contributed by atoms with Crippen LogP contribution in [0.2, 0.25) is 0 Å². The van der Waals surface area contributed by atoms with Crippen LogP contribution in [0.5, 0.6) is 5.88 Å². The predicted molar refractivity (Wildman–Crippen MR) is 99.3 cm³/mol. The van der Waals surface area contributed by atoms with E-state index in [1.54, 1.807) is 6.92 Å². The fraction of sp³-hybridized carbons (Fsp3) is 0.350. The molecule has 1 heterocycles. The van der Waals surface area contributed by atoms with Gasteiger partial charge in [-0.15, -0.1) is 0 Å². The van der Waals surface area contributed by atoms with E-state index in [1.165, 1.54) is 37.3 Å². The number of alkyl halides is 3. The molecule has 0 fully saturated rings. The van der Waals surface area contributed by atoms with Crippen molar-refractivity contribution in [3.63, 3.8) is 0 Å². The Labute approximate surface area is 165 Å². The van der Waals surface area contributed by atoms with E-state index in [4.69, 9.17) is 9.84 Å². The third-order valence-electron chi connectivity index (χ3n) is 4.37. The number of benzene rings is 1.